The molecule has 0 aromatic heterocycles. The van der Waals surface area contributed by atoms with Crippen molar-refractivity contribution < 1.29 is 23.1 Å². The van der Waals surface area contributed by atoms with Crippen LogP contribution in [0.4, 0.5) is 0 Å². The Kier molecular flexibility index (Phi) is 6.18. The van der Waals surface area contributed by atoms with Gasteiger partial charge in [0.25, 0.3) is 0 Å². The molecule has 1 aliphatic heterocycles. The van der Waals surface area contributed by atoms with Gasteiger partial charge >= 0.3 is 0 Å². The van der Waals surface area contributed by atoms with Gasteiger partial charge in [-0.2, -0.15) is 0 Å². The average molecular weight is 294 g/mol. The minimum absolute atomic E-state index is 0.00878. The zero-order chi connectivity index (χ0) is 14.5. The van der Waals surface area contributed by atoms with E-state index in [1.54, 1.807) is 0 Å². The molecule has 1 amide bonds. The third-order valence-electron chi connectivity index (χ3n) is 2.98. The van der Waals surface area contributed by atoms with Crippen molar-refractivity contribution in [3.8, 4) is 0 Å². The van der Waals surface area contributed by atoms with Gasteiger partial charge in [0.15, 0.2) is 9.84 Å². The Balaban J connectivity index is 2.40. The largest absolute Gasteiger partial charge is 0.394 e. The summed E-state index contributed by atoms with van der Waals surface area (Å²) in [5.41, 5.74) is 4.93. The lowest BCUT2D eigenvalue weighted by Crippen LogP contribution is -2.49. The van der Waals surface area contributed by atoms with E-state index in [4.69, 9.17) is 15.6 Å². The number of morpholine rings is 1. The van der Waals surface area contributed by atoms with E-state index < -0.39 is 15.7 Å². The molecule has 8 heteroatoms. The van der Waals surface area contributed by atoms with Crippen LogP contribution in [0.2, 0.25) is 0 Å². The van der Waals surface area contributed by atoms with Crippen LogP contribution >= 0.6 is 0 Å². The lowest BCUT2D eigenvalue weighted by atomic mass is 10.2. The summed E-state index contributed by atoms with van der Waals surface area (Å²) >= 11 is 0. The lowest BCUT2D eigenvalue weighted by Gasteiger charge is -2.35. The Morgan fingerprint density at radius 1 is 1.42 bits per heavy atom. The number of primary amides is 1. The number of nitrogens with two attached hydrogens (primary N) is 1. The van der Waals surface area contributed by atoms with Gasteiger partial charge in [0.1, 0.15) is 0 Å². The van der Waals surface area contributed by atoms with Gasteiger partial charge in [0.05, 0.1) is 30.3 Å². The van der Waals surface area contributed by atoms with Crippen molar-refractivity contribution >= 4 is 15.7 Å². The number of carbonyl (C=O) groups is 1. The molecule has 1 heterocycles. The standard InChI is InChI=1S/C11H22N2O5S/c1-9-6-13(7-10(8-14)18-9)3-5-19(16,17)4-2-11(12)15/h9-10,14H,2-8H2,1H3,(H2,12,15). The highest BCUT2D eigenvalue weighted by Crippen LogP contribution is 2.11. The number of aliphatic hydroxyl groups is 1. The summed E-state index contributed by atoms with van der Waals surface area (Å²) in [5, 5.41) is 9.08. The van der Waals surface area contributed by atoms with Crippen molar-refractivity contribution in [1.29, 1.82) is 0 Å². The number of nitrogens with zero attached hydrogens (tertiary/aromatic N) is 1. The van der Waals surface area contributed by atoms with Crippen molar-refractivity contribution in [3.05, 3.63) is 0 Å². The molecule has 0 saturated carbocycles. The number of ether oxygens (including phenoxy) is 1. The van der Waals surface area contributed by atoms with Crippen LogP contribution in [0.15, 0.2) is 0 Å². The maximum Gasteiger partial charge on any atom is 0.218 e. The molecule has 112 valence electrons. The quantitative estimate of drug-likeness (QED) is 0.582. The molecule has 1 fully saturated rings. The van der Waals surface area contributed by atoms with Crippen LogP contribution in [-0.4, -0.2) is 74.3 Å². The molecule has 0 radical (unpaired) electrons. The maximum absolute atomic E-state index is 11.7. The molecule has 1 saturated heterocycles. The SMILES string of the molecule is CC1CN(CCS(=O)(=O)CCC(N)=O)CC(CO)O1. The van der Waals surface area contributed by atoms with Crippen LogP contribution in [0.1, 0.15) is 13.3 Å². The van der Waals surface area contributed by atoms with Gasteiger partial charge in [-0.25, -0.2) is 8.42 Å². The van der Waals surface area contributed by atoms with Gasteiger partial charge in [-0.1, -0.05) is 0 Å². The Morgan fingerprint density at radius 2 is 2.11 bits per heavy atom. The van der Waals surface area contributed by atoms with E-state index in [9.17, 15) is 13.2 Å². The molecule has 1 rings (SSSR count). The van der Waals surface area contributed by atoms with E-state index in [1.807, 2.05) is 11.8 Å². The molecule has 0 bridgehead atoms. The predicted molar refractivity (Wildman–Crippen MR) is 70.3 cm³/mol. The molecule has 2 atom stereocenters. The molecule has 0 aromatic carbocycles. The summed E-state index contributed by atoms with van der Waals surface area (Å²) in [7, 11) is -3.26. The summed E-state index contributed by atoms with van der Waals surface area (Å²) in [6, 6.07) is 0. The second-order valence-corrected chi connectivity index (χ2v) is 7.18. The van der Waals surface area contributed by atoms with Crippen molar-refractivity contribution in [2.75, 3.05) is 37.7 Å². The summed E-state index contributed by atoms with van der Waals surface area (Å²) in [6.07, 6.45) is -0.433. The second kappa shape index (κ2) is 7.18. The van der Waals surface area contributed by atoms with E-state index in [-0.39, 0.29) is 36.7 Å². The second-order valence-electron chi connectivity index (χ2n) is 4.88. The number of hydrogen-bond donors (Lipinski definition) is 2. The molecule has 0 aliphatic carbocycles. The highest BCUT2D eigenvalue weighted by molar-refractivity contribution is 7.91. The van der Waals surface area contributed by atoms with Crippen molar-refractivity contribution in [1.82, 2.24) is 4.90 Å². The maximum atomic E-state index is 11.7. The third kappa shape index (κ3) is 6.33. The number of hydrogen-bond acceptors (Lipinski definition) is 6. The monoisotopic (exact) mass is 294 g/mol. The van der Waals surface area contributed by atoms with Crippen molar-refractivity contribution in [2.45, 2.75) is 25.6 Å². The Morgan fingerprint density at radius 3 is 2.68 bits per heavy atom. The van der Waals surface area contributed by atoms with Gasteiger partial charge < -0.3 is 15.6 Å². The van der Waals surface area contributed by atoms with Crippen LogP contribution in [0.5, 0.6) is 0 Å². The van der Waals surface area contributed by atoms with E-state index in [1.165, 1.54) is 0 Å². The summed E-state index contributed by atoms with van der Waals surface area (Å²) in [4.78, 5) is 12.5. The fourth-order valence-corrected chi connectivity index (χ4v) is 3.30. The lowest BCUT2D eigenvalue weighted by molar-refractivity contribution is -0.117. The molecule has 2 unspecified atom stereocenters. The molecule has 1 aliphatic rings. The molecule has 0 spiro atoms. The zero-order valence-electron chi connectivity index (χ0n) is 11.1. The fourth-order valence-electron chi connectivity index (χ4n) is 2.05. The number of rotatable bonds is 7. The van der Waals surface area contributed by atoms with Crippen molar-refractivity contribution in [2.24, 2.45) is 5.73 Å². The summed E-state index contributed by atoms with van der Waals surface area (Å²) in [6.45, 7) is 3.35. The van der Waals surface area contributed by atoms with Gasteiger partial charge in [-0.05, 0) is 6.92 Å². The van der Waals surface area contributed by atoms with Gasteiger partial charge in [0.2, 0.25) is 5.91 Å². The first kappa shape index (κ1) is 16.4. The predicted octanol–water partition coefficient (Wildman–Crippen LogP) is -1.64. The Hall–Kier alpha value is -0.700. The third-order valence-corrected chi connectivity index (χ3v) is 4.61. The van der Waals surface area contributed by atoms with Crippen LogP contribution in [0, 0.1) is 0 Å². The van der Waals surface area contributed by atoms with Crippen LogP contribution in [-0.2, 0) is 19.4 Å². The smallest absolute Gasteiger partial charge is 0.218 e. The Bertz CT molecular complexity index is 398. The number of amides is 1. The molecule has 3 N–H and O–H groups in total. The first-order valence-corrected chi connectivity index (χ1v) is 8.12. The van der Waals surface area contributed by atoms with Crippen LogP contribution in [0.3, 0.4) is 0 Å². The van der Waals surface area contributed by atoms with Crippen LogP contribution in [0.25, 0.3) is 0 Å². The minimum atomic E-state index is -3.26. The number of sulfone groups is 1. The first-order valence-electron chi connectivity index (χ1n) is 6.30. The molecular formula is C11H22N2O5S. The van der Waals surface area contributed by atoms with Gasteiger partial charge in [0, 0.05) is 26.1 Å². The number of aliphatic hydroxyl groups excluding tert-OH is 1. The Labute approximate surface area is 113 Å². The average Bonchev–Trinajstić information content (AvgIpc) is 2.34. The molecule has 7 nitrogen and oxygen atoms in total. The van der Waals surface area contributed by atoms with Crippen LogP contribution < -0.4 is 5.73 Å². The summed E-state index contributed by atoms with van der Waals surface area (Å²) in [5.74, 6) is -0.819. The zero-order valence-corrected chi connectivity index (χ0v) is 11.9. The fraction of sp³-hybridized carbons (Fsp3) is 0.909. The minimum Gasteiger partial charge on any atom is -0.394 e. The highest BCUT2D eigenvalue weighted by atomic mass is 32.2. The molecular weight excluding hydrogens is 272 g/mol. The van der Waals surface area contributed by atoms with Crippen molar-refractivity contribution in [3.63, 3.8) is 0 Å². The van der Waals surface area contributed by atoms with E-state index in [2.05, 4.69) is 0 Å². The first-order chi connectivity index (χ1) is 8.82. The molecule has 19 heavy (non-hydrogen) atoms. The van der Waals surface area contributed by atoms with E-state index in [0.29, 0.717) is 19.6 Å². The van der Waals surface area contributed by atoms with Gasteiger partial charge in [-0.3, -0.25) is 9.69 Å². The van der Waals surface area contributed by atoms with E-state index >= 15 is 0 Å². The highest BCUT2D eigenvalue weighted by Gasteiger charge is 2.25. The van der Waals surface area contributed by atoms with Gasteiger partial charge in [-0.15, -0.1) is 0 Å². The molecule has 0 aromatic rings. The normalized spacial score (nSPS) is 25.4. The number of carbonyl (C=O) groups excluding carboxylic acids is 1. The topological polar surface area (TPSA) is 110 Å². The summed E-state index contributed by atoms with van der Waals surface area (Å²) < 4.78 is 28.9. The van der Waals surface area contributed by atoms with E-state index in [0.717, 1.165) is 0 Å².